The molecule has 14 heavy (non-hydrogen) atoms. The average molecular weight is 190 g/mol. The number of aromatic nitrogens is 1. The quantitative estimate of drug-likeness (QED) is 0.792. The summed E-state index contributed by atoms with van der Waals surface area (Å²) < 4.78 is 0. The highest BCUT2D eigenvalue weighted by Gasteiger charge is 2.24. The molecule has 76 valence electrons. The summed E-state index contributed by atoms with van der Waals surface area (Å²) >= 11 is 0. The fourth-order valence-electron chi connectivity index (χ4n) is 2.13. The molecule has 0 atom stereocenters. The van der Waals surface area contributed by atoms with Gasteiger partial charge in [0.25, 0.3) is 0 Å². The van der Waals surface area contributed by atoms with Gasteiger partial charge in [-0.05, 0) is 43.7 Å². The third-order valence-electron chi connectivity index (χ3n) is 2.93. The second-order valence-corrected chi connectivity index (χ2v) is 4.49. The molecule has 0 saturated heterocycles. The van der Waals surface area contributed by atoms with Crippen molar-refractivity contribution in [3.63, 3.8) is 0 Å². The number of anilines is 1. The molecule has 0 amide bonds. The van der Waals surface area contributed by atoms with E-state index in [1.54, 1.807) is 0 Å². The molecule has 1 aliphatic rings. The van der Waals surface area contributed by atoms with Crippen LogP contribution in [0.3, 0.4) is 0 Å². The van der Waals surface area contributed by atoms with Gasteiger partial charge in [-0.15, -0.1) is 0 Å². The molecule has 1 aliphatic carbocycles. The van der Waals surface area contributed by atoms with Crippen molar-refractivity contribution in [1.29, 1.82) is 0 Å². The molecule has 1 aromatic heterocycles. The van der Waals surface area contributed by atoms with E-state index in [2.05, 4.69) is 17.2 Å². The smallest absolute Gasteiger partial charge is 0.126 e. The fourth-order valence-corrected chi connectivity index (χ4v) is 2.13. The summed E-state index contributed by atoms with van der Waals surface area (Å²) in [5.41, 5.74) is 1.08. The minimum absolute atomic E-state index is 0.868. The number of rotatable bonds is 3. The number of hydrogen-bond acceptors (Lipinski definition) is 2. The van der Waals surface area contributed by atoms with Crippen LogP contribution in [0.1, 0.15) is 25.5 Å². The van der Waals surface area contributed by atoms with Crippen LogP contribution < -0.4 is 5.32 Å². The van der Waals surface area contributed by atoms with Gasteiger partial charge in [0, 0.05) is 12.2 Å². The van der Waals surface area contributed by atoms with Crippen molar-refractivity contribution in [3.8, 4) is 0 Å². The maximum absolute atomic E-state index is 4.41. The largest absolute Gasteiger partial charge is 0.370 e. The van der Waals surface area contributed by atoms with Crippen molar-refractivity contribution in [3.05, 3.63) is 23.9 Å². The predicted octanol–water partition coefficient (Wildman–Crippen LogP) is 2.85. The molecule has 1 fully saturated rings. The SMILES string of the molecule is Cc1cccc(NCC2CC(C)C2)n1. The molecule has 2 rings (SSSR count). The van der Waals surface area contributed by atoms with Gasteiger partial charge < -0.3 is 5.32 Å². The lowest BCUT2D eigenvalue weighted by atomic mass is 9.76. The van der Waals surface area contributed by atoms with E-state index in [-0.39, 0.29) is 0 Å². The highest BCUT2D eigenvalue weighted by molar-refractivity contribution is 5.35. The van der Waals surface area contributed by atoms with Gasteiger partial charge in [0.2, 0.25) is 0 Å². The van der Waals surface area contributed by atoms with E-state index in [4.69, 9.17) is 0 Å². The van der Waals surface area contributed by atoms with Crippen LogP contribution in [-0.4, -0.2) is 11.5 Å². The number of hydrogen-bond donors (Lipinski definition) is 1. The predicted molar refractivity (Wildman–Crippen MR) is 59.4 cm³/mol. The van der Waals surface area contributed by atoms with E-state index in [0.717, 1.165) is 29.9 Å². The van der Waals surface area contributed by atoms with E-state index in [1.807, 2.05) is 25.1 Å². The van der Waals surface area contributed by atoms with E-state index >= 15 is 0 Å². The zero-order chi connectivity index (χ0) is 9.97. The summed E-state index contributed by atoms with van der Waals surface area (Å²) in [6.07, 6.45) is 2.75. The van der Waals surface area contributed by atoms with Gasteiger partial charge in [-0.25, -0.2) is 4.98 Å². The van der Waals surface area contributed by atoms with Gasteiger partial charge in [-0.1, -0.05) is 13.0 Å². The van der Waals surface area contributed by atoms with Gasteiger partial charge in [-0.2, -0.15) is 0 Å². The molecule has 1 aromatic rings. The van der Waals surface area contributed by atoms with Gasteiger partial charge in [0.05, 0.1) is 0 Å². The maximum Gasteiger partial charge on any atom is 0.126 e. The molecule has 1 heterocycles. The molecule has 0 bridgehead atoms. The molecule has 1 N–H and O–H groups in total. The number of nitrogens with zero attached hydrogens (tertiary/aromatic N) is 1. The second kappa shape index (κ2) is 3.99. The van der Waals surface area contributed by atoms with Gasteiger partial charge in [-0.3, -0.25) is 0 Å². The maximum atomic E-state index is 4.41. The Labute approximate surface area is 85.7 Å². The van der Waals surface area contributed by atoms with Crippen LogP contribution in [0.25, 0.3) is 0 Å². The van der Waals surface area contributed by atoms with Crippen molar-refractivity contribution in [1.82, 2.24) is 4.98 Å². The van der Waals surface area contributed by atoms with Crippen LogP contribution >= 0.6 is 0 Å². The lowest BCUT2D eigenvalue weighted by Gasteiger charge is -2.32. The molecule has 0 radical (unpaired) electrons. The van der Waals surface area contributed by atoms with Crippen LogP contribution in [0.5, 0.6) is 0 Å². The molecule has 0 aromatic carbocycles. The summed E-state index contributed by atoms with van der Waals surface area (Å²) in [5, 5.41) is 3.40. The normalized spacial score (nSPS) is 25.6. The van der Waals surface area contributed by atoms with Crippen molar-refractivity contribution < 1.29 is 0 Å². The van der Waals surface area contributed by atoms with Crippen LogP contribution in [0.2, 0.25) is 0 Å². The lowest BCUT2D eigenvalue weighted by Crippen LogP contribution is -2.27. The standard InChI is InChI=1S/C12H18N2/c1-9-6-11(7-9)8-13-12-5-3-4-10(2)14-12/h3-5,9,11H,6-8H2,1-2H3,(H,13,14). The van der Waals surface area contributed by atoms with E-state index in [1.165, 1.54) is 12.8 Å². The highest BCUT2D eigenvalue weighted by Crippen LogP contribution is 2.32. The summed E-state index contributed by atoms with van der Waals surface area (Å²) in [5.74, 6) is 2.82. The Bertz CT molecular complexity index is 303. The Hall–Kier alpha value is -1.05. The second-order valence-electron chi connectivity index (χ2n) is 4.49. The van der Waals surface area contributed by atoms with Crippen LogP contribution in [0.4, 0.5) is 5.82 Å². The highest BCUT2D eigenvalue weighted by atomic mass is 15.0. The first-order valence-electron chi connectivity index (χ1n) is 5.41. The summed E-state index contributed by atoms with van der Waals surface area (Å²) in [7, 11) is 0. The molecule has 2 nitrogen and oxygen atoms in total. The first-order valence-corrected chi connectivity index (χ1v) is 5.41. The summed E-state index contributed by atoms with van der Waals surface area (Å²) in [6.45, 7) is 5.43. The summed E-state index contributed by atoms with van der Waals surface area (Å²) in [6, 6.07) is 6.11. The summed E-state index contributed by atoms with van der Waals surface area (Å²) in [4.78, 5) is 4.41. The van der Waals surface area contributed by atoms with Crippen LogP contribution in [0, 0.1) is 18.8 Å². The van der Waals surface area contributed by atoms with E-state index < -0.39 is 0 Å². The van der Waals surface area contributed by atoms with Crippen molar-refractivity contribution >= 4 is 5.82 Å². The molecule has 0 aliphatic heterocycles. The van der Waals surface area contributed by atoms with Crippen LogP contribution in [0.15, 0.2) is 18.2 Å². The third kappa shape index (κ3) is 2.25. The number of aryl methyl sites for hydroxylation is 1. The topological polar surface area (TPSA) is 24.9 Å². The van der Waals surface area contributed by atoms with Crippen molar-refractivity contribution in [2.45, 2.75) is 26.7 Å². The van der Waals surface area contributed by atoms with Gasteiger partial charge in [0.15, 0.2) is 0 Å². The Morgan fingerprint density at radius 3 is 2.86 bits per heavy atom. The average Bonchev–Trinajstić information content (AvgIpc) is 2.11. The van der Waals surface area contributed by atoms with Crippen molar-refractivity contribution in [2.24, 2.45) is 11.8 Å². The Kier molecular flexibility index (Phi) is 2.71. The zero-order valence-electron chi connectivity index (χ0n) is 8.96. The third-order valence-corrected chi connectivity index (χ3v) is 2.93. The van der Waals surface area contributed by atoms with E-state index in [9.17, 15) is 0 Å². The number of pyridine rings is 1. The van der Waals surface area contributed by atoms with Gasteiger partial charge in [0.1, 0.15) is 5.82 Å². The Morgan fingerprint density at radius 2 is 2.21 bits per heavy atom. The number of nitrogens with one attached hydrogen (secondary N) is 1. The molecule has 0 unspecified atom stereocenters. The Morgan fingerprint density at radius 1 is 1.43 bits per heavy atom. The minimum atomic E-state index is 0.868. The fraction of sp³-hybridized carbons (Fsp3) is 0.583. The minimum Gasteiger partial charge on any atom is -0.370 e. The molecule has 2 heteroatoms. The lowest BCUT2D eigenvalue weighted by molar-refractivity contribution is 0.225. The Balaban J connectivity index is 1.80. The van der Waals surface area contributed by atoms with Crippen molar-refractivity contribution in [2.75, 3.05) is 11.9 Å². The zero-order valence-corrected chi connectivity index (χ0v) is 8.96. The first-order chi connectivity index (χ1) is 6.74. The molecule has 0 spiro atoms. The monoisotopic (exact) mass is 190 g/mol. The van der Waals surface area contributed by atoms with Crippen LogP contribution in [-0.2, 0) is 0 Å². The molecular weight excluding hydrogens is 172 g/mol. The molecule has 1 saturated carbocycles. The van der Waals surface area contributed by atoms with E-state index in [0.29, 0.717) is 0 Å². The van der Waals surface area contributed by atoms with Gasteiger partial charge >= 0.3 is 0 Å². The molecular formula is C12H18N2. The first kappa shape index (κ1) is 9.50.